The molecular formula is C16H25BrN2. The molecule has 0 bridgehead atoms. The molecule has 1 aromatic rings. The number of anilines is 1. The number of rotatable bonds is 5. The van der Waals surface area contributed by atoms with E-state index in [1.165, 1.54) is 48.1 Å². The van der Waals surface area contributed by atoms with Gasteiger partial charge in [-0.2, -0.15) is 0 Å². The summed E-state index contributed by atoms with van der Waals surface area (Å²) >= 11 is 3.71. The van der Waals surface area contributed by atoms with Gasteiger partial charge in [-0.25, -0.2) is 0 Å². The third-order valence-corrected chi connectivity index (χ3v) is 4.54. The van der Waals surface area contributed by atoms with Gasteiger partial charge in [0, 0.05) is 29.8 Å². The van der Waals surface area contributed by atoms with E-state index < -0.39 is 0 Å². The fourth-order valence-electron chi connectivity index (χ4n) is 2.70. The summed E-state index contributed by atoms with van der Waals surface area (Å²) in [5.41, 5.74) is 2.71. The van der Waals surface area contributed by atoms with E-state index in [1.807, 2.05) is 0 Å². The maximum absolute atomic E-state index is 3.71. The highest BCUT2D eigenvalue weighted by Gasteiger charge is 2.17. The van der Waals surface area contributed by atoms with E-state index in [1.54, 1.807) is 0 Å². The first kappa shape index (κ1) is 14.9. The van der Waals surface area contributed by atoms with Crippen molar-refractivity contribution in [2.45, 2.75) is 39.7 Å². The molecule has 2 nitrogen and oxygen atoms in total. The number of hydrogen-bond donors (Lipinski definition) is 1. The summed E-state index contributed by atoms with van der Waals surface area (Å²) in [5, 5.41) is 3.45. The molecule has 1 fully saturated rings. The van der Waals surface area contributed by atoms with E-state index in [9.17, 15) is 0 Å². The van der Waals surface area contributed by atoms with Crippen LogP contribution in [0.3, 0.4) is 0 Å². The van der Waals surface area contributed by atoms with Crippen LogP contribution >= 0.6 is 15.9 Å². The van der Waals surface area contributed by atoms with Crippen molar-refractivity contribution in [3.63, 3.8) is 0 Å². The van der Waals surface area contributed by atoms with E-state index in [-0.39, 0.29) is 0 Å². The molecule has 1 aromatic carbocycles. The number of nitrogens with zero attached hydrogens (tertiary/aromatic N) is 1. The first-order valence-corrected chi connectivity index (χ1v) is 8.24. The van der Waals surface area contributed by atoms with Crippen LogP contribution in [0.4, 0.5) is 5.69 Å². The van der Waals surface area contributed by atoms with Gasteiger partial charge >= 0.3 is 0 Å². The summed E-state index contributed by atoms with van der Waals surface area (Å²) in [7, 11) is 0. The second-order valence-electron chi connectivity index (χ2n) is 5.65. The summed E-state index contributed by atoms with van der Waals surface area (Å²) < 4.78 is 1.23. The highest BCUT2D eigenvalue weighted by Crippen LogP contribution is 2.27. The summed E-state index contributed by atoms with van der Waals surface area (Å²) in [6, 6.07) is 6.80. The summed E-state index contributed by atoms with van der Waals surface area (Å²) in [6.45, 7) is 8.97. The van der Waals surface area contributed by atoms with Crippen molar-refractivity contribution in [3.05, 3.63) is 28.2 Å². The molecule has 1 aliphatic rings. The molecule has 0 amide bonds. The second kappa shape index (κ2) is 7.30. The molecule has 2 rings (SSSR count). The van der Waals surface area contributed by atoms with Gasteiger partial charge in [0.05, 0.1) is 0 Å². The van der Waals surface area contributed by atoms with E-state index in [2.05, 4.69) is 58.2 Å². The van der Waals surface area contributed by atoms with Crippen molar-refractivity contribution in [3.8, 4) is 0 Å². The molecule has 1 atom stereocenters. The molecule has 1 aliphatic heterocycles. The highest BCUT2D eigenvalue weighted by atomic mass is 79.9. The predicted octanol–water partition coefficient (Wildman–Crippen LogP) is 4.19. The number of halogens is 1. The van der Waals surface area contributed by atoms with Crippen LogP contribution in [0.15, 0.2) is 22.7 Å². The summed E-state index contributed by atoms with van der Waals surface area (Å²) in [6.07, 6.45) is 3.87. The van der Waals surface area contributed by atoms with Crippen LogP contribution in [0.2, 0.25) is 0 Å². The Labute approximate surface area is 125 Å². The van der Waals surface area contributed by atoms with E-state index >= 15 is 0 Å². The van der Waals surface area contributed by atoms with E-state index in [0.29, 0.717) is 0 Å². The van der Waals surface area contributed by atoms with E-state index in [0.717, 1.165) is 19.0 Å². The SMILES string of the molecule is CCCNCc1ccc(N2CCCC(C)C2)cc1Br. The zero-order chi connectivity index (χ0) is 13.7. The van der Waals surface area contributed by atoms with Crippen LogP contribution in [0.25, 0.3) is 0 Å². The lowest BCUT2D eigenvalue weighted by molar-refractivity contribution is 0.447. The third kappa shape index (κ3) is 4.22. The topological polar surface area (TPSA) is 15.3 Å². The van der Waals surface area contributed by atoms with Crippen LogP contribution in [-0.2, 0) is 6.54 Å². The first-order chi connectivity index (χ1) is 9.20. The third-order valence-electron chi connectivity index (χ3n) is 3.80. The molecule has 0 aliphatic carbocycles. The zero-order valence-corrected chi connectivity index (χ0v) is 13.7. The van der Waals surface area contributed by atoms with Gasteiger partial charge in [-0.3, -0.25) is 0 Å². The molecule has 106 valence electrons. The summed E-state index contributed by atoms with van der Waals surface area (Å²) in [4.78, 5) is 2.52. The van der Waals surface area contributed by atoms with Crippen molar-refractivity contribution in [2.24, 2.45) is 5.92 Å². The fourth-order valence-corrected chi connectivity index (χ4v) is 3.21. The smallest absolute Gasteiger partial charge is 0.0377 e. The van der Waals surface area contributed by atoms with Crippen molar-refractivity contribution in [1.29, 1.82) is 0 Å². The number of benzene rings is 1. The quantitative estimate of drug-likeness (QED) is 0.817. The molecular weight excluding hydrogens is 300 g/mol. The minimum absolute atomic E-state index is 0.818. The van der Waals surface area contributed by atoms with Gasteiger partial charge in [0.2, 0.25) is 0 Å². The number of hydrogen-bond acceptors (Lipinski definition) is 2. The van der Waals surface area contributed by atoms with Crippen LogP contribution in [0.1, 0.15) is 38.7 Å². The van der Waals surface area contributed by atoms with Crippen molar-refractivity contribution in [2.75, 3.05) is 24.5 Å². The molecule has 3 heteroatoms. The molecule has 19 heavy (non-hydrogen) atoms. The Bertz CT molecular complexity index is 406. The Morgan fingerprint density at radius 1 is 1.42 bits per heavy atom. The van der Waals surface area contributed by atoms with Gasteiger partial charge in [-0.15, -0.1) is 0 Å². The normalized spacial score (nSPS) is 19.7. The summed E-state index contributed by atoms with van der Waals surface area (Å²) in [5.74, 6) is 0.818. The van der Waals surface area contributed by atoms with Gasteiger partial charge in [-0.05, 0) is 49.4 Å². The zero-order valence-electron chi connectivity index (χ0n) is 12.1. The van der Waals surface area contributed by atoms with E-state index in [4.69, 9.17) is 0 Å². The minimum Gasteiger partial charge on any atom is -0.371 e. The highest BCUT2D eigenvalue weighted by molar-refractivity contribution is 9.10. The van der Waals surface area contributed by atoms with Crippen LogP contribution in [-0.4, -0.2) is 19.6 Å². The Balaban J connectivity index is 2.01. The van der Waals surface area contributed by atoms with Crippen LogP contribution < -0.4 is 10.2 Å². The maximum Gasteiger partial charge on any atom is 0.0377 e. The number of piperidine rings is 1. The average molecular weight is 325 g/mol. The van der Waals surface area contributed by atoms with Gasteiger partial charge in [0.25, 0.3) is 0 Å². The van der Waals surface area contributed by atoms with Crippen molar-refractivity contribution in [1.82, 2.24) is 5.32 Å². The Morgan fingerprint density at radius 2 is 2.26 bits per heavy atom. The van der Waals surface area contributed by atoms with Gasteiger partial charge in [-0.1, -0.05) is 35.8 Å². The van der Waals surface area contributed by atoms with Gasteiger partial charge in [0.1, 0.15) is 0 Å². The minimum atomic E-state index is 0.818. The Kier molecular flexibility index (Phi) is 5.71. The lowest BCUT2D eigenvalue weighted by atomic mass is 9.99. The van der Waals surface area contributed by atoms with Gasteiger partial charge < -0.3 is 10.2 Å². The first-order valence-electron chi connectivity index (χ1n) is 7.44. The van der Waals surface area contributed by atoms with Crippen LogP contribution in [0, 0.1) is 5.92 Å². The Hall–Kier alpha value is -0.540. The molecule has 1 N–H and O–H groups in total. The Morgan fingerprint density at radius 3 is 2.95 bits per heavy atom. The average Bonchev–Trinajstić information content (AvgIpc) is 2.41. The molecule has 1 heterocycles. The molecule has 0 aromatic heterocycles. The second-order valence-corrected chi connectivity index (χ2v) is 6.50. The molecule has 1 saturated heterocycles. The van der Waals surface area contributed by atoms with Crippen LogP contribution in [0.5, 0.6) is 0 Å². The largest absolute Gasteiger partial charge is 0.371 e. The lowest BCUT2D eigenvalue weighted by Gasteiger charge is -2.33. The standard InChI is InChI=1S/C16H25BrN2/c1-3-8-18-11-14-6-7-15(10-16(14)17)19-9-4-5-13(2)12-19/h6-7,10,13,18H,3-5,8-9,11-12H2,1-2H3. The lowest BCUT2D eigenvalue weighted by Crippen LogP contribution is -2.34. The molecule has 0 radical (unpaired) electrons. The van der Waals surface area contributed by atoms with Crippen molar-refractivity contribution < 1.29 is 0 Å². The molecule has 0 spiro atoms. The fraction of sp³-hybridized carbons (Fsp3) is 0.625. The monoisotopic (exact) mass is 324 g/mol. The van der Waals surface area contributed by atoms with Crippen molar-refractivity contribution >= 4 is 21.6 Å². The predicted molar refractivity (Wildman–Crippen MR) is 86.8 cm³/mol. The number of nitrogens with one attached hydrogen (secondary N) is 1. The molecule has 0 saturated carbocycles. The molecule has 1 unspecified atom stereocenters. The van der Waals surface area contributed by atoms with Gasteiger partial charge in [0.15, 0.2) is 0 Å². The maximum atomic E-state index is 3.71.